The van der Waals surface area contributed by atoms with Crippen molar-refractivity contribution in [3.8, 4) is 11.3 Å². The van der Waals surface area contributed by atoms with Crippen LogP contribution in [0.25, 0.3) is 11.3 Å². The van der Waals surface area contributed by atoms with Crippen molar-refractivity contribution >= 4 is 45.8 Å². The Morgan fingerprint density at radius 3 is 2.81 bits per heavy atom. The Hall–Kier alpha value is -3.38. The van der Waals surface area contributed by atoms with E-state index < -0.39 is 4.92 Å². The number of non-ortho nitro benzene ring substituents is 1. The lowest BCUT2D eigenvalue weighted by atomic mass is 10.1. The number of benzene rings is 1. The van der Waals surface area contributed by atoms with Gasteiger partial charge in [-0.15, -0.1) is 21.5 Å². The maximum absolute atomic E-state index is 12.1. The van der Waals surface area contributed by atoms with Gasteiger partial charge >= 0.3 is 5.97 Å². The minimum atomic E-state index is -0.470. The number of nitrogens with zero attached hydrogens (tertiary/aromatic N) is 4. The van der Waals surface area contributed by atoms with E-state index in [9.17, 15) is 19.7 Å². The summed E-state index contributed by atoms with van der Waals surface area (Å²) in [4.78, 5) is 38.2. The molecule has 10 nitrogen and oxygen atoms in total. The molecule has 1 amide bonds. The number of nitro benzene ring substituents is 1. The molecule has 0 atom stereocenters. The standard InChI is InChI=1S/C19H17N5O5S2/c1-2-29-18(26)9-13-10-31-19(20-13)21-16(25)11-30-17-7-6-15(22-23-17)12-4-3-5-14(8-12)24(27)28/h3-8,10H,2,9,11H2,1H3,(H,20,21,25). The number of hydrogen-bond acceptors (Lipinski definition) is 10. The van der Waals surface area contributed by atoms with E-state index >= 15 is 0 Å². The van der Waals surface area contributed by atoms with Crippen molar-refractivity contribution in [2.75, 3.05) is 17.7 Å². The quantitative estimate of drug-likeness (QED) is 0.221. The van der Waals surface area contributed by atoms with E-state index in [2.05, 4.69) is 20.5 Å². The monoisotopic (exact) mass is 459 g/mol. The third-order valence-electron chi connectivity index (χ3n) is 3.77. The summed E-state index contributed by atoms with van der Waals surface area (Å²) in [7, 11) is 0. The Bertz CT molecular complexity index is 1090. The molecule has 1 N–H and O–H groups in total. The molecule has 0 saturated heterocycles. The number of aromatic nitrogens is 3. The second kappa shape index (κ2) is 10.6. The molecule has 0 spiro atoms. The van der Waals surface area contributed by atoms with E-state index in [1.165, 1.54) is 35.2 Å². The van der Waals surface area contributed by atoms with Crippen LogP contribution in [0, 0.1) is 10.1 Å². The highest BCUT2D eigenvalue weighted by Crippen LogP contribution is 2.24. The summed E-state index contributed by atoms with van der Waals surface area (Å²) in [6.07, 6.45) is 0.0570. The van der Waals surface area contributed by atoms with Crippen LogP contribution in [0.2, 0.25) is 0 Å². The molecule has 0 bridgehead atoms. The summed E-state index contributed by atoms with van der Waals surface area (Å²) < 4.78 is 4.87. The molecule has 160 valence electrons. The smallest absolute Gasteiger partial charge is 0.311 e. The van der Waals surface area contributed by atoms with E-state index in [1.807, 2.05) is 0 Å². The van der Waals surface area contributed by atoms with Gasteiger partial charge in [0.1, 0.15) is 5.03 Å². The number of amides is 1. The fourth-order valence-corrected chi connectivity index (χ4v) is 3.77. The van der Waals surface area contributed by atoms with Gasteiger partial charge in [0.15, 0.2) is 5.13 Å². The van der Waals surface area contributed by atoms with E-state index in [0.29, 0.717) is 33.7 Å². The molecule has 0 radical (unpaired) electrons. The average molecular weight is 460 g/mol. The number of ether oxygens (including phenoxy) is 1. The number of esters is 1. The number of carbonyl (C=O) groups excluding carboxylic acids is 2. The van der Waals surface area contributed by atoms with E-state index in [4.69, 9.17) is 4.74 Å². The second-order valence-electron chi connectivity index (χ2n) is 6.03. The van der Waals surface area contributed by atoms with Crippen molar-refractivity contribution in [1.82, 2.24) is 15.2 Å². The summed E-state index contributed by atoms with van der Waals surface area (Å²) in [5.41, 5.74) is 1.59. The topological polar surface area (TPSA) is 137 Å². The number of anilines is 1. The van der Waals surface area contributed by atoms with Crippen LogP contribution in [0.5, 0.6) is 0 Å². The number of hydrogen-bond donors (Lipinski definition) is 1. The number of thiazole rings is 1. The Kier molecular flexibility index (Phi) is 7.62. The molecule has 0 unspecified atom stereocenters. The average Bonchev–Trinajstić information content (AvgIpc) is 3.19. The van der Waals surface area contributed by atoms with Crippen molar-refractivity contribution < 1.29 is 19.2 Å². The Morgan fingerprint density at radius 1 is 1.26 bits per heavy atom. The van der Waals surface area contributed by atoms with Crippen molar-refractivity contribution in [2.24, 2.45) is 0 Å². The number of rotatable bonds is 9. The van der Waals surface area contributed by atoms with Gasteiger partial charge in [0.05, 0.1) is 35.1 Å². The van der Waals surface area contributed by atoms with Gasteiger partial charge in [-0.2, -0.15) is 0 Å². The van der Waals surface area contributed by atoms with Gasteiger partial charge in [-0.25, -0.2) is 4.98 Å². The lowest BCUT2D eigenvalue weighted by Gasteiger charge is -2.03. The Labute approximate surface area is 185 Å². The van der Waals surface area contributed by atoms with Crippen molar-refractivity contribution in [1.29, 1.82) is 0 Å². The summed E-state index contributed by atoms with van der Waals surface area (Å²) in [5.74, 6) is -0.544. The second-order valence-corrected chi connectivity index (χ2v) is 7.88. The first kappa shape index (κ1) is 22.3. The maximum Gasteiger partial charge on any atom is 0.311 e. The van der Waals surface area contributed by atoms with Crippen LogP contribution in [0.1, 0.15) is 12.6 Å². The number of nitrogens with one attached hydrogen (secondary N) is 1. The van der Waals surface area contributed by atoms with Gasteiger partial charge in [0, 0.05) is 23.1 Å². The first-order valence-corrected chi connectivity index (χ1v) is 10.9. The minimum absolute atomic E-state index is 0.0259. The molecule has 0 aliphatic heterocycles. The molecule has 0 aliphatic carbocycles. The van der Waals surface area contributed by atoms with Gasteiger partial charge in [-0.05, 0) is 19.1 Å². The minimum Gasteiger partial charge on any atom is -0.466 e. The molecule has 2 heterocycles. The van der Waals surface area contributed by atoms with E-state index in [1.54, 1.807) is 36.6 Å². The molecule has 2 aromatic heterocycles. The highest BCUT2D eigenvalue weighted by Gasteiger charge is 2.12. The number of carbonyl (C=O) groups is 2. The fourth-order valence-electron chi connectivity index (χ4n) is 2.43. The van der Waals surface area contributed by atoms with Crippen LogP contribution in [0.4, 0.5) is 10.8 Å². The number of nitro groups is 1. The van der Waals surface area contributed by atoms with Crippen LogP contribution >= 0.6 is 23.1 Å². The largest absolute Gasteiger partial charge is 0.466 e. The normalized spacial score (nSPS) is 10.5. The van der Waals surface area contributed by atoms with Crippen LogP contribution < -0.4 is 5.32 Å². The first-order valence-electron chi connectivity index (χ1n) is 9.06. The zero-order valence-electron chi connectivity index (χ0n) is 16.3. The zero-order valence-corrected chi connectivity index (χ0v) is 17.9. The van der Waals surface area contributed by atoms with Crippen LogP contribution in [0.3, 0.4) is 0 Å². The Balaban J connectivity index is 1.52. The summed E-state index contributed by atoms with van der Waals surface area (Å²) in [6, 6.07) is 9.51. The highest BCUT2D eigenvalue weighted by atomic mass is 32.2. The molecule has 12 heteroatoms. The predicted molar refractivity (Wildman–Crippen MR) is 116 cm³/mol. The van der Waals surface area contributed by atoms with Crippen molar-refractivity contribution in [2.45, 2.75) is 18.4 Å². The van der Waals surface area contributed by atoms with Crippen molar-refractivity contribution in [3.63, 3.8) is 0 Å². The van der Waals surface area contributed by atoms with Gasteiger partial charge in [-0.3, -0.25) is 19.7 Å². The van der Waals surface area contributed by atoms with Gasteiger partial charge in [0.25, 0.3) is 5.69 Å². The predicted octanol–water partition coefficient (Wildman–Crippen LogP) is 3.34. The van der Waals surface area contributed by atoms with Gasteiger partial charge in [-0.1, -0.05) is 23.9 Å². The molecule has 31 heavy (non-hydrogen) atoms. The van der Waals surface area contributed by atoms with Gasteiger partial charge in [0.2, 0.25) is 5.91 Å². The lowest BCUT2D eigenvalue weighted by Crippen LogP contribution is -2.14. The van der Waals surface area contributed by atoms with Crippen LogP contribution in [0.15, 0.2) is 46.8 Å². The first-order chi connectivity index (χ1) is 14.9. The molecule has 0 aliphatic rings. The third kappa shape index (κ3) is 6.55. The third-order valence-corrected chi connectivity index (χ3v) is 5.50. The fraction of sp³-hybridized carbons (Fsp3) is 0.211. The van der Waals surface area contributed by atoms with Crippen LogP contribution in [-0.2, 0) is 20.7 Å². The van der Waals surface area contributed by atoms with Crippen molar-refractivity contribution in [3.05, 3.63) is 57.6 Å². The summed E-state index contributed by atoms with van der Waals surface area (Å²) in [6.45, 7) is 2.03. The SMILES string of the molecule is CCOC(=O)Cc1csc(NC(=O)CSc2ccc(-c3cccc([N+](=O)[O-])c3)nn2)n1. The molecule has 1 aromatic carbocycles. The molecule has 3 rings (SSSR count). The van der Waals surface area contributed by atoms with E-state index in [-0.39, 0.29) is 29.7 Å². The number of thioether (sulfide) groups is 1. The van der Waals surface area contributed by atoms with E-state index in [0.717, 1.165) is 0 Å². The molecular formula is C19H17N5O5S2. The Morgan fingerprint density at radius 2 is 2.10 bits per heavy atom. The molecule has 0 fully saturated rings. The highest BCUT2D eigenvalue weighted by molar-refractivity contribution is 7.99. The summed E-state index contributed by atoms with van der Waals surface area (Å²) >= 11 is 2.42. The molecule has 0 saturated carbocycles. The lowest BCUT2D eigenvalue weighted by molar-refractivity contribution is -0.384. The zero-order chi connectivity index (χ0) is 22.2. The van der Waals surface area contributed by atoms with Crippen LogP contribution in [-0.4, -0.2) is 44.3 Å². The summed E-state index contributed by atoms with van der Waals surface area (Å²) in [5, 5.41) is 24.3. The maximum atomic E-state index is 12.1. The van der Waals surface area contributed by atoms with Gasteiger partial charge < -0.3 is 10.1 Å². The molecule has 3 aromatic rings. The molecular weight excluding hydrogens is 442 g/mol.